The zero-order valence-electron chi connectivity index (χ0n) is 16.3. The molecular weight excluding hydrogens is 319 g/mol. The maximum atomic E-state index is 9.31. The van der Waals surface area contributed by atoms with Crippen LogP contribution in [-0.4, -0.2) is 5.77 Å². The van der Waals surface area contributed by atoms with E-state index >= 15 is 0 Å². The van der Waals surface area contributed by atoms with Crippen molar-refractivity contribution in [3.63, 3.8) is 0 Å². The predicted molar refractivity (Wildman–Crippen MR) is 115 cm³/mol. The zero-order valence-corrected chi connectivity index (χ0v) is 16.2. The van der Waals surface area contributed by atoms with Crippen LogP contribution in [0.2, 0.25) is 0 Å². The summed E-state index contributed by atoms with van der Waals surface area (Å²) in [5, 5.41) is 3.77. The molecule has 3 aromatic carbocycles. The Kier molecular flexibility index (Phi) is 4.90. The van der Waals surface area contributed by atoms with Gasteiger partial charge in [0.25, 0.3) is 0 Å². The molecule has 0 radical (unpaired) electrons. The Morgan fingerprint density at radius 3 is 1.28 bits per heavy atom. The lowest BCUT2D eigenvalue weighted by molar-refractivity contribution is 0.439. The summed E-state index contributed by atoms with van der Waals surface area (Å²) in [6, 6.07) is 32.0. The first-order valence-electron chi connectivity index (χ1n) is 9.33. The highest BCUT2D eigenvalue weighted by Gasteiger charge is 2.25. The van der Waals surface area contributed by atoms with Crippen LogP contribution >= 0.6 is 6.89 Å². The van der Waals surface area contributed by atoms with E-state index in [9.17, 15) is 1.37 Å². The fraction of sp³-hybridized carbons (Fsp3) is 0.208. The van der Waals surface area contributed by atoms with Crippen LogP contribution < -0.4 is 15.9 Å². The lowest BCUT2D eigenvalue weighted by atomic mass is 9.94. The fourth-order valence-corrected chi connectivity index (χ4v) is 7.04. The summed E-state index contributed by atoms with van der Waals surface area (Å²) in [4.78, 5) is 0. The number of benzene rings is 3. The monoisotopic (exact) mass is 347 g/mol. The Hall–Kier alpha value is -2.04. The molecule has 0 spiro atoms. The molecule has 0 amide bonds. The van der Waals surface area contributed by atoms with Crippen LogP contribution in [-0.2, 0) is 0 Å². The van der Waals surface area contributed by atoms with Crippen molar-refractivity contribution in [2.75, 3.05) is 0 Å². The van der Waals surface area contributed by atoms with Crippen molar-refractivity contribution in [2.24, 2.45) is 5.41 Å². The Labute approximate surface area is 153 Å². The summed E-state index contributed by atoms with van der Waals surface area (Å²) in [6.45, 7) is 4.50. The van der Waals surface area contributed by atoms with Gasteiger partial charge in [-0.25, -0.2) is 0 Å². The van der Waals surface area contributed by atoms with E-state index in [1.165, 1.54) is 15.9 Å². The molecule has 128 valence electrons. The molecule has 0 aliphatic carbocycles. The van der Waals surface area contributed by atoms with Gasteiger partial charge in [-0.3, -0.25) is 0 Å². The highest BCUT2D eigenvalue weighted by Crippen LogP contribution is 2.44. The lowest BCUT2D eigenvalue weighted by Crippen LogP contribution is -2.27. The van der Waals surface area contributed by atoms with E-state index < -0.39 is 6.89 Å². The minimum Gasteiger partial charge on any atom is -0.0737 e. The third-order valence-corrected chi connectivity index (χ3v) is 8.13. The van der Waals surface area contributed by atoms with Gasteiger partial charge in [-0.1, -0.05) is 118 Å². The lowest BCUT2D eigenvalue weighted by Gasteiger charge is -2.30. The smallest absolute Gasteiger partial charge is 0.0588 e. The molecule has 0 nitrogen and oxygen atoms in total. The molecule has 0 unspecified atom stereocenters. The van der Waals surface area contributed by atoms with Gasteiger partial charge in [0.05, 0.1) is 1.37 Å². The Bertz CT molecular complexity index is 788. The minimum absolute atomic E-state index is 0.0701. The van der Waals surface area contributed by atoms with Gasteiger partial charge in [0.2, 0.25) is 0 Å². The first-order valence-corrected chi connectivity index (χ1v) is 10.6. The molecule has 1 heteroatoms. The van der Waals surface area contributed by atoms with Crippen molar-refractivity contribution in [3.8, 4) is 0 Å². The molecule has 0 heterocycles. The quantitative estimate of drug-likeness (QED) is 0.568. The second-order valence-electron chi connectivity index (χ2n) is 7.57. The van der Waals surface area contributed by atoms with E-state index in [4.69, 9.17) is 0 Å². The topological polar surface area (TPSA) is 0 Å². The normalized spacial score (nSPS) is 12.5. The molecule has 0 saturated carbocycles. The Morgan fingerprint density at radius 2 is 1.00 bits per heavy atom. The fourth-order valence-electron chi connectivity index (χ4n) is 3.03. The van der Waals surface area contributed by atoms with Gasteiger partial charge >= 0.3 is 0 Å². The SMILES string of the molecule is [2H]C(CC(C)(C)C)=P(c1ccccc1)(c1ccccc1)c1ccccc1. The summed E-state index contributed by atoms with van der Waals surface area (Å²) in [5.74, 6) is 0.841. The molecule has 0 aromatic heterocycles. The highest BCUT2D eigenvalue weighted by molar-refractivity contribution is 7.94. The second kappa shape index (κ2) is 7.46. The third kappa shape index (κ3) is 3.97. The first-order chi connectivity index (χ1) is 12.4. The average Bonchev–Trinajstić information content (AvgIpc) is 2.64. The van der Waals surface area contributed by atoms with E-state index in [1.807, 2.05) is 0 Å². The molecule has 0 fully saturated rings. The second-order valence-corrected chi connectivity index (χ2v) is 10.8. The summed E-state index contributed by atoms with van der Waals surface area (Å²) in [5.41, 5.74) is 0.0701. The average molecular weight is 347 g/mol. The van der Waals surface area contributed by atoms with Gasteiger partial charge < -0.3 is 0 Å². The molecule has 0 N–H and O–H groups in total. The van der Waals surface area contributed by atoms with Crippen molar-refractivity contribution in [2.45, 2.75) is 27.2 Å². The van der Waals surface area contributed by atoms with Crippen LogP contribution in [0.1, 0.15) is 28.6 Å². The van der Waals surface area contributed by atoms with Crippen molar-refractivity contribution >= 4 is 28.6 Å². The van der Waals surface area contributed by atoms with Crippen molar-refractivity contribution in [1.29, 1.82) is 0 Å². The van der Waals surface area contributed by atoms with Crippen LogP contribution in [0.15, 0.2) is 91.0 Å². The predicted octanol–water partition coefficient (Wildman–Crippen LogP) is 5.22. The van der Waals surface area contributed by atoms with Crippen molar-refractivity contribution < 1.29 is 1.37 Å². The molecule has 0 saturated heterocycles. The number of hydrogen-bond acceptors (Lipinski definition) is 0. The number of hydrogen-bond donors (Lipinski definition) is 0. The summed E-state index contributed by atoms with van der Waals surface area (Å²) < 4.78 is 9.31. The van der Waals surface area contributed by atoms with Crippen LogP contribution in [0.3, 0.4) is 0 Å². The minimum atomic E-state index is -2.16. The van der Waals surface area contributed by atoms with Crippen LogP contribution in [0.25, 0.3) is 0 Å². The van der Waals surface area contributed by atoms with Gasteiger partial charge in [0, 0.05) is 0 Å². The summed E-state index contributed by atoms with van der Waals surface area (Å²) in [7, 11) is 0. The molecule has 0 aliphatic heterocycles. The van der Waals surface area contributed by atoms with Crippen LogP contribution in [0.4, 0.5) is 0 Å². The van der Waals surface area contributed by atoms with E-state index in [-0.39, 0.29) is 5.41 Å². The maximum Gasteiger partial charge on any atom is 0.0588 e. The maximum absolute atomic E-state index is 9.31. The highest BCUT2D eigenvalue weighted by atomic mass is 31.2. The molecule has 3 rings (SSSR count). The van der Waals surface area contributed by atoms with Crippen molar-refractivity contribution in [3.05, 3.63) is 91.0 Å². The van der Waals surface area contributed by atoms with Gasteiger partial charge in [-0.05, 0) is 34.6 Å². The van der Waals surface area contributed by atoms with E-state index in [0.717, 1.165) is 12.2 Å². The standard InChI is InChI=1S/C24H27P/c1-24(2,3)19-20-25(21-13-7-4-8-14-21,22-15-9-5-10-16-22)23-17-11-6-12-18-23/h4-18,20H,19H2,1-3H3/i20D. The first kappa shape index (κ1) is 16.4. The number of rotatable bonds is 4. The molecule has 0 bridgehead atoms. The zero-order chi connectivity index (χ0) is 18.6. The van der Waals surface area contributed by atoms with E-state index in [2.05, 4.69) is 112 Å². The van der Waals surface area contributed by atoms with Gasteiger partial charge in [-0.2, -0.15) is 0 Å². The molecular formula is C24H27P. The largest absolute Gasteiger partial charge is 0.0737 e. The van der Waals surface area contributed by atoms with Crippen LogP contribution in [0.5, 0.6) is 0 Å². The van der Waals surface area contributed by atoms with Crippen molar-refractivity contribution in [1.82, 2.24) is 0 Å². The van der Waals surface area contributed by atoms with E-state index in [0.29, 0.717) is 0 Å². The Balaban J connectivity index is 2.46. The molecule has 25 heavy (non-hydrogen) atoms. The molecule has 0 atom stereocenters. The van der Waals surface area contributed by atoms with Gasteiger partial charge in [0.15, 0.2) is 0 Å². The molecule has 0 aliphatic rings. The summed E-state index contributed by atoms with van der Waals surface area (Å²) >= 11 is 0. The van der Waals surface area contributed by atoms with Crippen LogP contribution in [0, 0.1) is 5.41 Å². The molecule has 3 aromatic rings. The Morgan fingerprint density at radius 1 is 0.680 bits per heavy atom. The van der Waals surface area contributed by atoms with Gasteiger partial charge in [0.1, 0.15) is 0 Å². The third-order valence-electron chi connectivity index (χ3n) is 4.28. The van der Waals surface area contributed by atoms with Gasteiger partial charge in [-0.15, -0.1) is 0 Å². The van der Waals surface area contributed by atoms with E-state index in [1.54, 1.807) is 0 Å². The summed E-state index contributed by atoms with van der Waals surface area (Å²) in [6.07, 6.45) is 0.777.